The molecule has 0 saturated carbocycles. The van der Waals surface area contributed by atoms with Crippen molar-refractivity contribution in [1.82, 2.24) is 0 Å². The van der Waals surface area contributed by atoms with Crippen LogP contribution in [0.2, 0.25) is 0 Å². The summed E-state index contributed by atoms with van der Waals surface area (Å²) in [7, 11) is 4.84. The highest BCUT2D eigenvalue weighted by Crippen LogP contribution is 2.29. The van der Waals surface area contributed by atoms with Gasteiger partial charge in [0.1, 0.15) is 0 Å². The van der Waals surface area contributed by atoms with Crippen molar-refractivity contribution >= 4 is 21.6 Å². The van der Waals surface area contributed by atoms with Gasteiger partial charge >= 0.3 is 0 Å². The molecule has 2 aromatic carbocycles. The lowest BCUT2D eigenvalue weighted by atomic mass is 10.2. The van der Waals surface area contributed by atoms with Gasteiger partial charge in [0.25, 0.3) is 0 Å². The Labute approximate surface area is 117 Å². The van der Waals surface area contributed by atoms with Crippen LogP contribution >= 0.6 is 21.6 Å². The molecule has 0 aliphatic heterocycles. The summed E-state index contributed by atoms with van der Waals surface area (Å²) in [4.78, 5) is 0. The predicted octanol–water partition coefficient (Wildman–Crippen LogP) is 4.38. The number of aliphatic hydroxyl groups excluding tert-OH is 1. The molecule has 1 N–H and O–H groups in total. The van der Waals surface area contributed by atoms with Crippen molar-refractivity contribution < 1.29 is 5.11 Å². The molecule has 0 amide bonds. The Hall–Kier alpha value is -0.900. The van der Waals surface area contributed by atoms with E-state index >= 15 is 0 Å². The Morgan fingerprint density at radius 2 is 1.00 bits per heavy atom. The molecule has 3 heteroatoms. The van der Waals surface area contributed by atoms with E-state index in [1.165, 1.54) is 11.1 Å². The topological polar surface area (TPSA) is 20.2 Å². The molecule has 18 heavy (non-hydrogen) atoms. The molecule has 0 radical (unpaired) electrons. The smallest absolute Gasteiger partial charge is 0.0319 e. The second kappa shape index (κ2) is 10.1. The summed E-state index contributed by atoms with van der Waals surface area (Å²) in [5, 5.41) is 7.00. The van der Waals surface area contributed by atoms with Gasteiger partial charge in [0, 0.05) is 18.6 Å². The van der Waals surface area contributed by atoms with Crippen molar-refractivity contribution in [2.45, 2.75) is 11.5 Å². The van der Waals surface area contributed by atoms with E-state index in [1.54, 1.807) is 0 Å². The van der Waals surface area contributed by atoms with Gasteiger partial charge < -0.3 is 5.11 Å². The Bertz CT molecular complexity index is 362. The fourth-order valence-electron chi connectivity index (χ4n) is 1.37. The van der Waals surface area contributed by atoms with E-state index in [0.29, 0.717) is 0 Å². The first-order chi connectivity index (χ1) is 8.95. The Balaban J connectivity index is 0.000000771. The maximum Gasteiger partial charge on any atom is 0.0319 e. The van der Waals surface area contributed by atoms with Gasteiger partial charge in [0.05, 0.1) is 0 Å². The molecule has 2 aromatic rings. The molecule has 0 atom stereocenters. The van der Waals surface area contributed by atoms with Crippen LogP contribution in [0.5, 0.6) is 0 Å². The first-order valence-corrected chi connectivity index (χ1v) is 8.21. The zero-order chi connectivity index (χ0) is 13.1. The minimum absolute atomic E-state index is 1.00. The highest BCUT2D eigenvalue weighted by Gasteiger charge is 1.94. The van der Waals surface area contributed by atoms with Gasteiger partial charge in [-0.15, -0.1) is 0 Å². The molecule has 96 valence electrons. The minimum Gasteiger partial charge on any atom is -0.400 e. The fraction of sp³-hybridized carbons (Fsp3) is 0.200. The van der Waals surface area contributed by atoms with E-state index in [2.05, 4.69) is 60.7 Å². The molecule has 0 bridgehead atoms. The molecule has 2 rings (SSSR count). The van der Waals surface area contributed by atoms with Gasteiger partial charge in [-0.3, -0.25) is 0 Å². The zero-order valence-corrected chi connectivity index (χ0v) is 12.1. The predicted molar refractivity (Wildman–Crippen MR) is 83.6 cm³/mol. The number of benzene rings is 2. The first kappa shape index (κ1) is 15.2. The fourth-order valence-corrected chi connectivity index (χ4v) is 3.51. The zero-order valence-electron chi connectivity index (χ0n) is 10.5. The van der Waals surface area contributed by atoms with Crippen LogP contribution in [-0.4, -0.2) is 12.2 Å². The summed E-state index contributed by atoms with van der Waals surface area (Å²) in [5.41, 5.74) is 2.79. The third-order valence-electron chi connectivity index (χ3n) is 2.22. The summed E-state index contributed by atoms with van der Waals surface area (Å²) in [6.07, 6.45) is 0. The molecule has 0 spiro atoms. The van der Waals surface area contributed by atoms with Crippen LogP contribution in [0.15, 0.2) is 60.7 Å². The van der Waals surface area contributed by atoms with Crippen LogP contribution in [0.3, 0.4) is 0 Å². The molecule has 1 nitrogen and oxygen atoms in total. The second-order valence-corrected chi connectivity index (χ2v) is 5.96. The van der Waals surface area contributed by atoms with E-state index in [4.69, 9.17) is 5.11 Å². The monoisotopic (exact) mass is 278 g/mol. The number of hydrogen-bond donors (Lipinski definition) is 1. The SMILES string of the molecule is CO.c1ccc(CSSCc2ccccc2)cc1. The van der Waals surface area contributed by atoms with Gasteiger partial charge in [-0.05, 0) is 11.1 Å². The van der Waals surface area contributed by atoms with Gasteiger partial charge in [0.2, 0.25) is 0 Å². The Kier molecular flexibility index (Phi) is 8.47. The maximum absolute atomic E-state index is 7.00. The van der Waals surface area contributed by atoms with E-state index in [-0.39, 0.29) is 0 Å². The molecule has 0 aromatic heterocycles. The third-order valence-corrected chi connectivity index (χ3v) is 4.50. The molecule has 0 fully saturated rings. The molecule has 0 heterocycles. The van der Waals surface area contributed by atoms with E-state index in [1.807, 2.05) is 21.6 Å². The second-order valence-electron chi connectivity index (χ2n) is 3.50. The van der Waals surface area contributed by atoms with Crippen LogP contribution in [-0.2, 0) is 11.5 Å². The summed E-state index contributed by atoms with van der Waals surface area (Å²) in [6.45, 7) is 0. The lowest BCUT2D eigenvalue weighted by Crippen LogP contribution is -1.78. The van der Waals surface area contributed by atoms with Crippen molar-refractivity contribution in [1.29, 1.82) is 0 Å². The highest BCUT2D eigenvalue weighted by molar-refractivity contribution is 8.76. The van der Waals surface area contributed by atoms with Crippen LogP contribution < -0.4 is 0 Å². The van der Waals surface area contributed by atoms with Gasteiger partial charge in [-0.2, -0.15) is 0 Å². The molecular formula is C15H18OS2. The largest absolute Gasteiger partial charge is 0.400 e. The molecule has 0 aliphatic carbocycles. The lowest BCUT2D eigenvalue weighted by molar-refractivity contribution is 0.399. The number of aliphatic hydroxyl groups is 1. The highest BCUT2D eigenvalue weighted by atomic mass is 33.1. The van der Waals surface area contributed by atoms with Gasteiger partial charge in [-0.1, -0.05) is 82.3 Å². The normalized spacial score (nSPS) is 9.44. The average Bonchev–Trinajstić information content (AvgIpc) is 2.48. The van der Waals surface area contributed by atoms with E-state index in [0.717, 1.165) is 18.6 Å². The minimum atomic E-state index is 1.00. The van der Waals surface area contributed by atoms with Crippen molar-refractivity contribution in [3.8, 4) is 0 Å². The van der Waals surface area contributed by atoms with Crippen LogP contribution in [0.4, 0.5) is 0 Å². The van der Waals surface area contributed by atoms with Crippen molar-refractivity contribution in [2.75, 3.05) is 7.11 Å². The number of rotatable bonds is 5. The van der Waals surface area contributed by atoms with Gasteiger partial charge in [-0.25, -0.2) is 0 Å². The van der Waals surface area contributed by atoms with E-state index in [9.17, 15) is 0 Å². The van der Waals surface area contributed by atoms with Crippen molar-refractivity contribution in [2.24, 2.45) is 0 Å². The lowest BCUT2D eigenvalue weighted by Gasteiger charge is -2.01. The van der Waals surface area contributed by atoms with Crippen LogP contribution in [0.25, 0.3) is 0 Å². The molecule has 0 unspecified atom stereocenters. The third kappa shape index (κ3) is 6.15. The summed E-state index contributed by atoms with van der Waals surface area (Å²) >= 11 is 0. The molecule has 0 saturated heterocycles. The molecule has 0 aliphatic rings. The maximum atomic E-state index is 7.00. The average molecular weight is 278 g/mol. The summed E-state index contributed by atoms with van der Waals surface area (Å²) in [5.74, 6) is 2.16. The van der Waals surface area contributed by atoms with Crippen molar-refractivity contribution in [3.05, 3.63) is 71.8 Å². The standard InChI is InChI=1S/C14H14S2.CH4O/c1-3-7-13(8-4-1)11-15-16-12-14-9-5-2-6-10-14;1-2/h1-10H,11-12H2;2H,1H3. The summed E-state index contributed by atoms with van der Waals surface area (Å²) < 4.78 is 0. The Morgan fingerprint density at radius 1 is 0.667 bits per heavy atom. The molecular weight excluding hydrogens is 260 g/mol. The van der Waals surface area contributed by atoms with Gasteiger partial charge in [0.15, 0.2) is 0 Å². The summed E-state index contributed by atoms with van der Waals surface area (Å²) in [6, 6.07) is 21.2. The van der Waals surface area contributed by atoms with E-state index < -0.39 is 0 Å². The number of hydrogen-bond acceptors (Lipinski definition) is 3. The quantitative estimate of drug-likeness (QED) is 0.647. The Morgan fingerprint density at radius 3 is 1.33 bits per heavy atom. The van der Waals surface area contributed by atoms with Crippen LogP contribution in [0, 0.1) is 0 Å². The van der Waals surface area contributed by atoms with Crippen molar-refractivity contribution in [3.63, 3.8) is 0 Å². The van der Waals surface area contributed by atoms with Crippen LogP contribution in [0.1, 0.15) is 11.1 Å². The first-order valence-electron chi connectivity index (χ1n) is 5.72.